The smallest absolute Gasteiger partial charge is 0.161 e. The first kappa shape index (κ1) is 16.3. The molecule has 4 nitrogen and oxygen atoms in total. The van der Waals surface area contributed by atoms with Gasteiger partial charge >= 0.3 is 0 Å². The summed E-state index contributed by atoms with van der Waals surface area (Å²) in [5.74, 6) is -0.497. The number of rotatable bonds is 4. The van der Waals surface area contributed by atoms with Crippen molar-refractivity contribution in [1.82, 2.24) is 0 Å². The highest BCUT2D eigenvalue weighted by Crippen LogP contribution is 2.51. The SMILES string of the molecule is Oc1c(Cl)c(Nc2ccccc2)c(O)c(Cl)c1Nc1ccccc1. The molecule has 0 aliphatic heterocycles. The average molecular weight is 361 g/mol. The van der Waals surface area contributed by atoms with E-state index in [-0.39, 0.29) is 32.9 Å². The summed E-state index contributed by atoms with van der Waals surface area (Å²) in [5.41, 5.74) is 1.69. The number of phenols is 2. The van der Waals surface area contributed by atoms with Crippen molar-refractivity contribution in [2.75, 3.05) is 10.6 Å². The van der Waals surface area contributed by atoms with Crippen LogP contribution in [-0.4, -0.2) is 10.2 Å². The van der Waals surface area contributed by atoms with Crippen molar-refractivity contribution in [1.29, 1.82) is 0 Å². The van der Waals surface area contributed by atoms with Crippen molar-refractivity contribution in [3.8, 4) is 11.5 Å². The normalized spacial score (nSPS) is 10.4. The zero-order chi connectivity index (χ0) is 17.1. The number of para-hydroxylation sites is 2. The molecule has 0 aliphatic carbocycles. The first-order chi connectivity index (χ1) is 11.6. The quantitative estimate of drug-likeness (QED) is 0.346. The zero-order valence-corrected chi connectivity index (χ0v) is 13.9. The van der Waals surface area contributed by atoms with E-state index in [1.807, 2.05) is 36.4 Å². The number of aromatic hydroxyl groups is 2. The third kappa shape index (κ3) is 3.20. The number of hydrogen-bond donors (Lipinski definition) is 4. The zero-order valence-electron chi connectivity index (χ0n) is 12.4. The van der Waals surface area contributed by atoms with E-state index in [2.05, 4.69) is 10.6 Å². The molecular weight excluding hydrogens is 347 g/mol. The summed E-state index contributed by atoms with van der Waals surface area (Å²) in [6.45, 7) is 0. The predicted octanol–water partition coefficient (Wildman–Crippen LogP) is 5.89. The molecule has 3 rings (SSSR count). The molecule has 122 valence electrons. The third-order valence-corrected chi connectivity index (χ3v) is 4.15. The summed E-state index contributed by atoms with van der Waals surface area (Å²) in [6, 6.07) is 18.3. The molecule has 6 heteroatoms. The minimum Gasteiger partial charge on any atom is -0.504 e. The van der Waals surface area contributed by atoms with Gasteiger partial charge in [-0.25, -0.2) is 0 Å². The Bertz CT molecular complexity index is 754. The summed E-state index contributed by atoms with van der Waals surface area (Å²) in [7, 11) is 0. The van der Waals surface area contributed by atoms with Crippen LogP contribution in [0.2, 0.25) is 10.0 Å². The number of nitrogens with one attached hydrogen (secondary N) is 2. The lowest BCUT2D eigenvalue weighted by atomic mass is 10.2. The molecule has 0 saturated carbocycles. The first-order valence-electron chi connectivity index (χ1n) is 7.15. The fourth-order valence-electron chi connectivity index (χ4n) is 2.22. The predicted molar refractivity (Wildman–Crippen MR) is 99.2 cm³/mol. The van der Waals surface area contributed by atoms with Gasteiger partial charge in [0, 0.05) is 11.4 Å². The van der Waals surface area contributed by atoms with E-state index in [1.165, 1.54) is 0 Å². The Kier molecular flexibility index (Phi) is 4.69. The van der Waals surface area contributed by atoms with Gasteiger partial charge in [-0.15, -0.1) is 0 Å². The molecule has 0 aromatic heterocycles. The van der Waals surface area contributed by atoms with Gasteiger partial charge in [0.05, 0.1) is 0 Å². The van der Waals surface area contributed by atoms with Crippen molar-refractivity contribution in [3.05, 3.63) is 70.7 Å². The lowest BCUT2D eigenvalue weighted by molar-refractivity contribution is 0.465. The molecule has 0 atom stereocenters. The standard InChI is InChI=1S/C18H14Cl2N2O2/c19-13-15(21-11-7-3-1-4-8-11)17(23)14(20)16(18(13)24)22-12-9-5-2-6-10-12/h1-10,21-24H. The van der Waals surface area contributed by atoms with Gasteiger partial charge in [-0.3, -0.25) is 0 Å². The summed E-state index contributed by atoms with van der Waals surface area (Å²) < 4.78 is 0. The Labute approximate surface area is 149 Å². The van der Waals surface area contributed by atoms with Gasteiger partial charge in [-0.05, 0) is 24.3 Å². The molecule has 0 heterocycles. The second-order valence-corrected chi connectivity index (χ2v) is 5.81. The van der Waals surface area contributed by atoms with Gasteiger partial charge in [0.2, 0.25) is 0 Å². The van der Waals surface area contributed by atoms with E-state index in [0.29, 0.717) is 11.4 Å². The Morgan fingerprint density at radius 2 is 0.917 bits per heavy atom. The van der Waals surface area contributed by atoms with Crippen LogP contribution in [0.1, 0.15) is 0 Å². The van der Waals surface area contributed by atoms with Gasteiger partial charge < -0.3 is 20.8 Å². The van der Waals surface area contributed by atoms with Gasteiger partial charge in [-0.2, -0.15) is 0 Å². The summed E-state index contributed by atoms with van der Waals surface area (Å²) in [6.07, 6.45) is 0. The van der Waals surface area contributed by atoms with E-state index in [4.69, 9.17) is 23.2 Å². The molecular formula is C18H14Cl2N2O2. The molecule has 0 amide bonds. The third-order valence-electron chi connectivity index (χ3n) is 3.41. The van der Waals surface area contributed by atoms with Crippen LogP contribution in [0.15, 0.2) is 60.7 Å². The highest BCUT2D eigenvalue weighted by Gasteiger charge is 2.22. The van der Waals surface area contributed by atoms with Crippen molar-refractivity contribution >= 4 is 46.0 Å². The van der Waals surface area contributed by atoms with Crippen LogP contribution >= 0.6 is 23.2 Å². The van der Waals surface area contributed by atoms with Crippen LogP contribution in [-0.2, 0) is 0 Å². The van der Waals surface area contributed by atoms with Crippen LogP contribution in [0.25, 0.3) is 0 Å². The highest BCUT2D eigenvalue weighted by molar-refractivity contribution is 6.40. The molecule has 0 fully saturated rings. The fraction of sp³-hybridized carbons (Fsp3) is 0. The molecule has 0 aliphatic rings. The maximum Gasteiger partial charge on any atom is 0.161 e. The minimum absolute atomic E-state index is 0.0285. The van der Waals surface area contributed by atoms with E-state index < -0.39 is 0 Å². The molecule has 24 heavy (non-hydrogen) atoms. The second-order valence-electron chi connectivity index (χ2n) is 5.06. The van der Waals surface area contributed by atoms with E-state index in [0.717, 1.165) is 0 Å². The number of hydrogen-bond acceptors (Lipinski definition) is 4. The highest BCUT2D eigenvalue weighted by atomic mass is 35.5. The molecule has 0 bridgehead atoms. The maximum atomic E-state index is 10.4. The first-order valence-corrected chi connectivity index (χ1v) is 7.90. The minimum atomic E-state index is -0.248. The Hall–Kier alpha value is -2.56. The van der Waals surface area contributed by atoms with E-state index in [9.17, 15) is 10.2 Å². The lowest BCUT2D eigenvalue weighted by Gasteiger charge is -2.17. The molecule has 3 aromatic rings. The molecule has 0 saturated heterocycles. The molecule has 3 aromatic carbocycles. The summed E-state index contributed by atoms with van der Waals surface area (Å²) in [4.78, 5) is 0. The number of phenolic OH excluding ortho intramolecular Hbond substituents is 2. The van der Waals surface area contributed by atoms with Crippen molar-refractivity contribution < 1.29 is 10.2 Å². The Balaban J connectivity index is 2.02. The monoisotopic (exact) mass is 360 g/mol. The number of benzene rings is 3. The number of anilines is 4. The maximum absolute atomic E-state index is 10.4. The topological polar surface area (TPSA) is 64.5 Å². The lowest BCUT2D eigenvalue weighted by Crippen LogP contribution is -1.97. The Morgan fingerprint density at radius 3 is 1.25 bits per heavy atom. The van der Waals surface area contributed by atoms with Crippen molar-refractivity contribution in [2.24, 2.45) is 0 Å². The van der Waals surface area contributed by atoms with E-state index >= 15 is 0 Å². The summed E-state index contributed by atoms with van der Waals surface area (Å²) in [5, 5.41) is 26.6. The van der Waals surface area contributed by atoms with Crippen molar-refractivity contribution in [2.45, 2.75) is 0 Å². The molecule has 0 radical (unpaired) electrons. The van der Waals surface area contributed by atoms with Crippen LogP contribution in [0.4, 0.5) is 22.7 Å². The van der Waals surface area contributed by atoms with Crippen molar-refractivity contribution in [3.63, 3.8) is 0 Å². The number of halogens is 2. The Morgan fingerprint density at radius 1 is 0.583 bits per heavy atom. The van der Waals surface area contributed by atoms with Crippen LogP contribution in [0, 0.1) is 0 Å². The second kappa shape index (κ2) is 6.91. The van der Waals surface area contributed by atoms with Gasteiger partial charge in [0.15, 0.2) is 11.5 Å². The van der Waals surface area contributed by atoms with Gasteiger partial charge in [-0.1, -0.05) is 59.6 Å². The largest absolute Gasteiger partial charge is 0.504 e. The summed E-state index contributed by atoms with van der Waals surface area (Å²) >= 11 is 12.4. The van der Waals surface area contributed by atoms with Crippen LogP contribution in [0.3, 0.4) is 0 Å². The van der Waals surface area contributed by atoms with Gasteiger partial charge in [0.1, 0.15) is 21.4 Å². The van der Waals surface area contributed by atoms with E-state index in [1.54, 1.807) is 24.3 Å². The van der Waals surface area contributed by atoms with Gasteiger partial charge in [0.25, 0.3) is 0 Å². The molecule has 0 unspecified atom stereocenters. The average Bonchev–Trinajstić information content (AvgIpc) is 2.62. The molecule has 0 spiro atoms. The molecule has 4 N–H and O–H groups in total. The van der Waals surface area contributed by atoms with Crippen LogP contribution in [0.5, 0.6) is 11.5 Å². The van der Waals surface area contributed by atoms with Crippen LogP contribution < -0.4 is 10.6 Å². The fourth-order valence-corrected chi connectivity index (χ4v) is 2.69.